The predicted octanol–water partition coefficient (Wildman–Crippen LogP) is 1.84. The van der Waals surface area contributed by atoms with E-state index in [-0.39, 0.29) is 12.5 Å². The van der Waals surface area contributed by atoms with Crippen LogP contribution in [0.4, 0.5) is 0 Å². The van der Waals surface area contributed by atoms with Crippen molar-refractivity contribution >= 4 is 12.1 Å². The van der Waals surface area contributed by atoms with Gasteiger partial charge in [0.05, 0.1) is 27.5 Å². The number of amides is 1. The highest BCUT2D eigenvalue weighted by atomic mass is 16.6. The summed E-state index contributed by atoms with van der Waals surface area (Å²) in [6, 6.07) is 3.46. The monoisotopic (exact) mass is 324 g/mol. The Hall–Kier alpha value is -2.44. The Kier molecular flexibility index (Phi) is 7.73. The van der Waals surface area contributed by atoms with Crippen molar-refractivity contribution in [3.63, 3.8) is 0 Å². The van der Waals surface area contributed by atoms with Crippen LogP contribution in [0.3, 0.4) is 0 Å². The van der Waals surface area contributed by atoms with E-state index in [1.807, 2.05) is 13.8 Å². The number of hydrogen-bond donors (Lipinski definition) is 1. The molecule has 1 N–H and O–H groups in total. The summed E-state index contributed by atoms with van der Waals surface area (Å²) in [7, 11) is 4.61. The van der Waals surface area contributed by atoms with Crippen molar-refractivity contribution in [2.45, 2.75) is 13.8 Å². The van der Waals surface area contributed by atoms with Gasteiger partial charge in [0.1, 0.15) is 0 Å². The van der Waals surface area contributed by atoms with Crippen molar-refractivity contribution in [2.75, 3.05) is 34.5 Å². The Labute approximate surface area is 136 Å². The zero-order valence-electron chi connectivity index (χ0n) is 14.2. The molecule has 0 aliphatic rings. The molecule has 1 amide bonds. The summed E-state index contributed by atoms with van der Waals surface area (Å²) >= 11 is 0. The molecule has 0 aromatic heterocycles. The normalized spacial score (nSPS) is 10.7. The molecule has 0 unspecified atom stereocenters. The van der Waals surface area contributed by atoms with Gasteiger partial charge < -0.3 is 24.4 Å². The number of nitrogens with zero attached hydrogens (tertiary/aromatic N) is 1. The number of nitrogens with one attached hydrogen (secondary N) is 1. The average molecular weight is 324 g/mol. The SMILES string of the molecule is COc1cc(/C=N\OCC(=O)NCC(C)C)cc(OC)c1OC. The Morgan fingerprint density at radius 3 is 2.26 bits per heavy atom. The molecule has 0 bridgehead atoms. The number of carbonyl (C=O) groups excluding carboxylic acids is 1. The molecule has 0 aliphatic carbocycles. The molecule has 0 saturated heterocycles. The highest BCUT2D eigenvalue weighted by Crippen LogP contribution is 2.37. The van der Waals surface area contributed by atoms with Gasteiger partial charge in [-0.15, -0.1) is 0 Å². The van der Waals surface area contributed by atoms with Crippen molar-refractivity contribution in [3.05, 3.63) is 17.7 Å². The standard InChI is InChI=1S/C16H24N2O5/c1-11(2)8-17-15(19)10-23-18-9-12-6-13(20-3)16(22-5)14(7-12)21-4/h6-7,9,11H,8,10H2,1-5H3,(H,17,19)/b18-9-. The van der Waals surface area contributed by atoms with E-state index in [1.165, 1.54) is 27.5 Å². The minimum absolute atomic E-state index is 0.131. The smallest absolute Gasteiger partial charge is 0.260 e. The fourth-order valence-electron chi connectivity index (χ4n) is 1.74. The van der Waals surface area contributed by atoms with Gasteiger partial charge in [0.2, 0.25) is 5.75 Å². The Morgan fingerprint density at radius 1 is 1.17 bits per heavy atom. The number of oxime groups is 1. The third-order valence-corrected chi connectivity index (χ3v) is 2.87. The van der Waals surface area contributed by atoms with Crippen molar-refractivity contribution in [1.29, 1.82) is 0 Å². The van der Waals surface area contributed by atoms with Gasteiger partial charge in [0.25, 0.3) is 5.91 Å². The quantitative estimate of drug-likeness (QED) is 0.554. The first-order valence-electron chi connectivity index (χ1n) is 7.23. The lowest BCUT2D eigenvalue weighted by atomic mass is 10.2. The Balaban J connectivity index is 2.64. The average Bonchev–Trinajstić information content (AvgIpc) is 2.55. The molecule has 7 heteroatoms. The Bertz CT molecular complexity index is 518. The molecule has 0 atom stereocenters. The van der Waals surface area contributed by atoms with E-state index < -0.39 is 0 Å². The third kappa shape index (κ3) is 6.06. The maximum Gasteiger partial charge on any atom is 0.260 e. The molecular formula is C16H24N2O5. The van der Waals surface area contributed by atoms with E-state index in [2.05, 4.69) is 10.5 Å². The van der Waals surface area contributed by atoms with Gasteiger partial charge in [-0.3, -0.25) is 4.79 Å². The molecule has 0 fully saturated rings. The van der Waals surface area contributed by atoms with Gasteiger partial charge in [0, 0.05) is 12.1 Å². The maximum absolute atomic E-state index is 11.5. The topological polar surface area (TPSA) is 78.4 Å². The summed E-state index contributed by atoms with van der Waals surface area (Å²) in [5.74, 6) is 1.72. The minimum atomic E-state index is -0.208. The van der Waals surface area contributed by atoms with Crippen LogP contribution in [0, 0.1) is 5.92 Å². The van der Waals surface area contributed by atoms with Crippen LogP contribution in [0.15, 0.2) is 17.3 Å². The predicted molar refractivity (Wildman–Crippen MR) is 87.5 cm³/mol. The molecule has 1 aromatic rings. The summed E-state index contributed by atoms with van der Waals surface area (Å²) in [6.45, 7) is 4.51. The summed E-state index contributed by atoms with van der Waals surface area (Å²) in [4.78, 5) is 16.5. The highest BCUT2D eigenvalue weighted by Gasteiger charge is 2.12. The second-order valence-electron chi connectivity index (χ2n) is 5.16. The number of methoxy groups -OCH3 is 3. The highest BCUT2D eigenvalue weighted by molar-refractivity contribution is 5.82. The van der Waals surface area contributed by atoms with E-state index >= 15 is 0 Å². The third-order valence-electron chi connectivity index (χ3n) is 2.87. The molecule has 0 aliphatic heterocycles. The lowest BCUT2D eigenvalue weighted by molar-refractivity contribution is -0.125. The van der Waals surface area contributed by atoms with E-state index in [1.54, 1.807) is 12.1 Å². The van der Waals surface area contributed by atoms with Crippen molar-refractivity contribution in [3.8, 4) is 17.2 Å². The molecule has 0 spiro atoms. The first-order chi connectivity index (χ1) is 11.0. The fourth-order valence-corrected chi connectivity index (χ4v) is 1.74. The molecule has 1 rings (SSSR count). The molecule has 23 heavy (non-hydrogen) atoms. The molecule has 0 saturated carbocycles. The lowest BCUT2D eigenvalue weighted by Gasteiger charge is -2.12. The van der Waals surface area contributed by atoms with Gasteiger partial charge in [-0.25, -0.2) is 0 Å². The zero-order chi connectivity index (χ0) is 17.2. The van der Waals surface area contributed by atoms with Crippen LogP contribution in [-0.4, -0.2) is 46.6 Å². The molecule has 7 nitrogen and oxygen atoms in total. The van der Waals surface area contributed by atoms with Crippen LogP contribution >= 0.6 is 0 Å². The van der Waals surface area contributed by atoms with Gasteiger partial charge in [-0.1, -0.05) is 19.0 Å². The summed E-state index contributed by atoms with van der Waals surface area (Å²) in [5.41, 5.74) is 0.696. The largest absolute Gasteiger partial charge is 0.493 e. The number of hydrogen-bond acceptors (Lipinski definition) is 6. The number of ether oxygens (including phenoxy) is 3. The summed E-state index contributed by atoms with van der Waals surface area (Å²) < 4.78 is 15.7. The maximum atomic E-state index is 11.5. The van der Waals surface area contributed by atoms with Gasteiger partial charge in [-0.05, 0) is 18.1 Å². The van der Waals surface area contributed by atoms with Crippen LogP contribution in [0.25, 0.3) is 0 Å². The minimum Gasteiger partial charge on any atom is -0.493 e. The van der Waals surface area contributed by atoms with Crippen LogP contribution in [0.1, 0.15) is 19.4 Å². The first kappa shape index (κ1) is 18.6. The number of rotatable bonds is 9. The zero-order valence-corrected chi connectivity index (χ0v) is 14.2. The van der Waals surface area contributed by atoms with E-state index in [9.17, 15) is 4.79 Å². The van der Waals surface area contributed by atoms with Gasteiger partial charge in [0.15, 0.2) is 18.1 Å². The molecule has 0 radical (unpaired) electrons. The molecule has 1 aromatic carbocycles. The van der Waals surface area contributed by atoms with Crippen LogP contribution < -0.4 is 19.5 Å². The fraction of sp³-hybridized carbons (Fsp3) is 0.500. The first-order valence-corrected chi connectivity index (χ1v) is 7.23. The second-order valence-corrected chi connectivity index (χ2v) is 5.16. The van der Waals surface area contributed by atoms with E-state index in [4.69, 9.17) is 19.0 Å². The van der Waals surface area contributed by atoms with E-state index in [0.29, 0.717) is 35.3 Å². The second kappa shape index (κ2) is 9.55. The van der Waals surface area contributed by atoms with Crippen molar-refractivity contribution < 1.29 is 23.8 Å². The molecule has 0 heterocycles. The number of carbonyl (C=O) groups is 1. The van der Waals surface area contributed by atoms with Gasteiger partial charge >= 0.3 is 0 Å². The number of benzene rings is 1. The van der Waals surface area contributed by atoms with Crippen LogP contribution in [-0.2, 0) is 9.63 Å². The van der Waals surface area contributed by atoms with Crippen molar-refractivity contribution in [2.24, 2.45) is 11.1 Å². The summed E-state index contributed by atoms with van der Waals surface area (Å²) in [5, 5.41) is 6.52. The molecular weight excluding hydrogens is 300 g/mol. The van der Waals surface area contributed by atoms with E-state index in [0.717, 1.165) is 0 Å². The van der Waals surface area contributed by atoms with Crippen LogP contribution in [0.2, 0.25) is 0 Å². The Morgan fingerprint density at radius 2 is 1.78 bits per heavy atom. The van der Waals surface area contributed by atoms with Crippen LogP contribution in [0.5, 0.6) is 17.2 Å². The van der Waals surface area contributed by atoms with Crippen molar-refractivity contribution in [1.82, 2.24) is 5.32 Å². The lowest BCUT2D eigenvalue weighted by Crippen LogP contribution is -2.30. The van der Waals surface area contributed by atoms with Gasteiger partial charge in [-0.2, -0.15) is 0 Å². The molecule has 128 valence electrons. The summed E-state index contributed by atoms with van der Waals surface area (Å²) in [6.07, 6.45) is 1.47.